The summed E-state index contributed by atoms with van der Waals surface area (Å²) in [5, 5.41) is 12.9. The maximum absolute atomic E-state index is 12.6. The van der Waals surface area contributed by atoms with Crippen LogP contribution in [0.4, 0.5) is 4.39 Å². The van der Waals surface area contributed by atoms with Crippen LogP contribution >= 0.6 is 0 Å². The molecule has 3 nitrogen and oxygen atoms in total. The second-order valence-corrected chi connectivity index (χ2v) is 4.02. The third kappa shape index (κ3) is 4.59. The van der Waals surface area contributed by atoms with Crippen molar-refractivity contribution in [3.05, 3.63) is 30.1 Å². The molecule has 0 aromatic heterocycles. The van der Waals surface area contributed by atoms with Crippen LogP contribution in [-0.4, -0.2) is 30.4 Å². The van der Waals surface area contributed by atoms with Gasteiger partial charge < -0.3 is 15.2 Å². The molecule has 0 fully saturated rings. The highest BCUT2D eigenvalue weighted by atomic mass is 19.1. The van der Waals surface area contributed by atoms with Gasteiger partial charge in [0.1, 0.15) is 23.8 Å². The lowest BCUT2D eigenvalue weighted by Gasteiger charge is -2.23. The zero-order chi connectivity index (χ0) is 12.0. The maximum Gasteiger partial charge on any atom is 0.123 e. The van der Waals surface area contributed by atoms with E-state index in [1.807, 2.05) is 6.92 Å². The Balaban J connectivity index is 2.41. The third-order valence-electron chi connectivity index (χ3n) is 2.12. The Morgan fingerprint density at radius 1 is 1.38 bits per heavy atom. The first kappa shape index (κ1) is 12.9. The van der Waals surface area contributed by atoms with Crippen molar-refractivity contribution in [3.63, 3.8) is 0 Å². The molecule has 0 saturated carbocycles. The fraction of sp³-hybridized carbons (Fsp3) is 0.500. The Bertz CT molecular complexity index is 311. The van der Waals surface area contributed by atoms with Crippen LogP contribution in [0.5, 0.6) is 5.75 Å². The van der Waals surface area contributed by atoms with Gasteiger partial charge in [-0.3, -0.25) is 0 Å². The highest BCUT2D eigenvalue weighted by Gasteiger charge is 2.20. The van der Waals surface area contributed by atoms with Crippen molar-refractivity contribution in [3.8, 4) is 5.75 Å². The van der Waals surface area contributed by atoms with Crippen LogP contribution in [0.15, 0.2) is 24.3 Å². The molecule has 0 aliphatic rings. The fourth-order valence-electron chi connectivity index (χ4n) is 1.21. The van der Waals surface area contributed by atoms with Crippen LogP contribution in [0.2, 0.25) is 0 Å². The summed E-state index contributed by atoms with van der Waals surface area (Å²) in [7, 11) is 0. The molecule has 1 aromatic rings. The summed E-state index contributed by atoms with van der Waals surface area (Å²) >= 11 is 0. The Morgan fingerprint density at radius 2 is 2.00 bits per heavy atom. The van der Waals surface area contributed by atoms with Crippen LogP contribution in [0, 0.1) is 5.82 Å². The van der Waals surface area contributed by atoms with Gasteiger partial charge in [-0.2, -0.15) is 0 Å². The summed E-state index contributed by atoms with van der Waals surface area (Å²) in [5.41, 5.74) is -0.926. The number of hydrogen-bond acceptors (Lipinski definition) is 3. The molecular weight excluding hydrogens is 209 g/mol. The molecule has 0 bridgehead atoms. The van der Waals surface area contributed by atoms with Gasteiger partial charge in [0.25, 0.3) is 0 Å². The van der Waals surface area contributed by atoms with Crippen molar-refractivity contribution < 1.29 is 14.2 Å². The smallest absolute Gasteiger partial charge is 0.123 e. The van der Waals surface area contributed by atoms with Gasteiger partial charge in [0, 0.05) is 6.54 Å². The molecular formula is C12H18FNO2. The molecule has 0 aliphatic heterocycles. The summed E-state index contributed by atoms with van der Waals surface area (Å²) < 4.78 is 18.0. The first-order chi connectivity index (χ1) is 7.53. The minimum atomic E-state index is -0.926. The lowest BCUT2D eigenvalue weighted by molar-refractivity contribution is 0.0127. The molecule has 1 atom stereocenters. The lowest BCUT2D eigenvalue weighted by atomic mass is 10.1. The standard InChI is InChI=1S/C12H18FNO2/c1-3-14-8-12(2,15)9-16-11-6-4-10(13)5-7-11/h4-7,14-15H,3,8-9H2,1-2H3. The van der Waals surface area contributed by atoms with E-state index in [9.17, 15) is 9.50 Å². The lowest BCUT2D eigenvalue weighted by Crippen LogP contribution is -2.42. The molecule has 4 heteroatoms. The van der Waals surface area contributed by atoms with Crippen LogP contribution in [0.3, 0.4) is 0 Å². The van der Waals surface area contributed by atoms with Crippen molar-refractivity contribution in [1.29, 1.82) is 0 Å². The summed E-state index contributed by atoms with van der Waals surface area (Å²) in [6.45, 7) is 5.10. The summed E-state index contributed by atoms with van der Waals surface area (Å²) in [6.07, 6.45) is 0. The van der Waals surface area contributed by atoms with Gasteiger partial charge in [-0.05, 0) is 37.7 Å². The first-order valence-electron chi connectivity index (χ1n) is 5.35. The molecule has 0 radical (unpaired) electrons. The van der Waals surface area contributed by atoms with Crippen molar-refractivity contribution in [2.24, 2.45) is 0 Å². The number of ether oxygens (including phenoxy) is 1. The number of benzene rings is 1. The van der Waals surface area contributed by atoms with Gasteiger partial charge in [0.2, 0.25) is 0 Å². The largest absolute Gasteiger partial charge is 0.491 e. The highest BCUT2D eigenvalue weighted by molar-refractivity contribution is 5.22. The van der Waals surface area contributed by atoms with Gasteiger partial charge in [0.05, 0.1) is 0 Å². The minimum absolute atomic E-state index is 0.172. The topological polar surface area (TPSA) is 41.5 Å². The third-order valence-corrected chi connectivity index (χ3v) is 2.12. The molecule has 0 heterocycles. The number of aliphatic hydroxyl groups is 1. The predicted molar refractivity (Wildman–Crippen MR) is 61.1 cm³/mol. The van der Waals surface area contributed by atoms with Crippen LogP contribution < -0.4 is 10.1 Å². The Morgan fingerprint density at radius 3 is 2.56 bits per heavy atom. The normalized spacial score (nSPS) is 14.5. The minimum Gasteiger partial charge on any atom is -0.491 e. The van der Waals surface area contributed by atoms with E-state index in [-0.39, 0.29) is 12.4 Å². The molecule has 1 rings (SSSR count). The Labute approximate surface area is 95.2 Å². The first-order valence-corrected chi connectivity index (χ1v) is 5.35. The summed E-state index contributed by atoms with van der Waals surface area (Å²) in [4.78, 5) is 0. The molecule has 2 N–H and O–H groups in total. The van der Waals surface area contributed by atoms with Crippen molar-refractivity contribution in [2.45, 2.75) is 19.4 Å². The van der Waals surface area contributed by atoms with Crippen LogP contribution in [-0.2, 0) is 0 Å². The van der Waals surface area contributed by atoms with E-state index in [2.05, 4.69) is 5.32 Å². The second-order valence-electron chi connectivity index (χ2n) is 4.02. The summed E-state index contributed by atoms with van der Waals surface area (Å²) in [5.74, 6) is 0.255. The van der Waals surface area contributed by atoms with Gasteiger partial charge in [0.15, 0.2) is 0 Å². The van der Waals surface area contributed by atoms with Gasteiger partial charge in [-0.15, -0.1) is 0 Å². The molecule has 0 saturated heterocycles. The maximum atomic E-state index is 12.6. The zero-order valence-corrected chi connectivity index (χ0v) is 9.66. The van der Waals surface area contributed by atoms with E-state index in [0.29, 0.717) is 12.3 Å². The van der Waals surface area contributed by atoms with Gasteiger partial charge >= 0.3 is 0 Å². The van der Waals surface area contributed by atoms with E-state index < -0.39 is 5.60 Å². The number of halogens is 1. The van der Waals surface area contributed by atoms with E-state index in [0.717, 1.165) is 6.54 Å². The van der Waals surface area contributed by atoms with Crippen LogP contribution in [0.1, 0.15) is 13.8 Å². The van der Waals surface area contributed by atoms with Crippen molar-refractivity contribution >= 4 is 0 Å². The molecule has 1 unspecified atom stereocenters. The van der Waals surface area contributed by atoms with Crippen molar-refractivity contribution in [2.75, 3.05) is 19.7 Å². The number of rotatable bonds is 6. The van der Waals surface area contributed by atoms with Gasteiger partial charge in [-0.1, -0.05) is 6.92 Å². The van der Waals surface area contributed by atoms with E-state index >= 15 is 0 Å². The average Bonchev–Trinajstić information content (AvgIpc) is 2.26. The van der Waals surface area contributed by atoms with Crippen LogP contribution in [0.25, 0.3) is 0 Å². The molecule has 0 amide bonds. The Hall–Kier alpha value is -1.13. The highest BCUT2D eigenvalue weighted by Crippen LogP contribution is 2.13. The van der Waals surface area contributed by atoms with E-state index in [1.165, 1.54) is 12.1 Å². The second kappa shape index (κ2) is 5.82. The molecule has 0 spiro atoms. The number of likely N-dealkylation sites (N-methyl/N-ethyl adjacent to an activating group) is 1. The number of hydrogen-bond donors (Lipinski definition) is 2. The van der Waals surface area contributed by atoms with Crippen molar-refractivity contribution in [1.82, 2.24) is 5.32 Å². The molecule has 0 aliphatic carbocycles. The van der Waals surface area contributed by atoms with E-state index in [1.54, 1.807) is 19.1 Å². The number of nitrogens with one attached hydrogen (secondary N) is 1. The average molecular weight is 227 g/mol. The SMILES string of the molecule is CCNCC(C)(O)COc1ccc(F)cc1. The molecule has 1 aromatic carbocycles. The fourth-order valence-corrected chi connectivity index (χ4v) is 1.21. The monoisotopic (exact) mass is 227 g/mol. The molecule has 16 heavy (non-hydrogen) atoms. The zero-order valence-electron chi connectivity index (χ0n) is 9.66. The predicted octanol–water partition coefficient (Wildman–Crippen LogP) is 1.56. The van der Waals surface area contributed by atoms with Gasteiger partial charge in [-0.25, -0.2) is 4.39 Å². The van der Waals surface area contributed by atoms with E-state index in [4.69, 9.17) is 4.74 Å². The summed E-state index contributed by atoms with van der Waals surface area (Å²) in [6, 6.07) is 5.74. The molecule has 90 valence electrons. The quantitative estimate of drug-likeness (QED) is 0.775. The Kier molecular flexibility index (Phi) is 4.71.